The van der Waals surface area contributed by atoms with Crippen LogP contribution in [0.5, 0.6) is 0 Å². The van der Waals surface area contributed by atoms with Gasteiger partial charge in [-0.2, -0.15) is 0 Å². The molecule has 0 amide bonds. The second-order valence-corrected chi connectivity index (χ2v) is 13.2. The van der Waals surface area contributed by atoms with Gasteiger partial charge in [-0.25, -0.2) is 0 Å². The van der Waals surface area contributed by atoms with Crippen LogP contribution in [0.2, 0.25) is 0 Å². The third-order valence-electron chi connectivity index (χ3n) is 9.77. The van der Waals surface area contributed by atoms with E-state index in [4.69, 9.17) is 42.1 Å². The number of carboxylic acid groups (broad SMARTS) is 4. The van der Waals surface area contributed by atoms with E-state index in [-0.39, 0.29) is 67.8 Å². The molecule has 0 saturated heterocycles. The van der Waals surface area contributed by atoms with E-state index >= 15 is 0 Å². The molecule has 0 bridgehead atoms. The van der Waals surface area contributed by atoms with Crippen molar-refractivity contribution in [2.45, 2.75) is 127 Å². The molecular weight excluding hydrogens is 991 g/mol. The smallest absolute Gasteiger partial charge is 0.321 e. The van der Waals surface area contributed by atoms with Gasteiger partial charge in [0, 0.05) is 105 Å². The molecule has 14 nitrogen and oxygen atoms in total. The van der Waals surface area contributed by atoms with Crippen molar-refractivity contribution in [3.05, 3.63) is 35.4 Å². The SMILES string of the molecule is N[C@@H]1CCCC[C@H]1NCc1ccc(CN[C@H]2CCCC[C@@H]2N)cc1.O=C(O)C1(C(=O)O)CC(O)C1.O=C(O)C1(C(=O)O)CC(O)C1.[Pt].[Pt]. The van der Waals surface area contributed by atoms with Crippen LogP contribution in [0.25, 0.3) is 0 Å². The van der Waals surface area contributed by atoms with Crippen molar-refractivity contribution in [1.29, 1.82) is 0 Å². The number of nitrogens with one attached hydrogen (secondary N) is 2. The minimum atomic E-state index is -1.72. The van der Waals surface area contributed by atoms with Gasteiger partial charge in [-0.15, -0.1) is 0 Å². The summed E-state index contributed by atoms with van der Waals surface area (Å²) in [5.41, 5.74) is 11.6. The van der Waals surface area contributed by atoms with Crippen LogP contribution in [0, 0.1) is 10.8 Å². The molecule has 0 aromatic heterocycles. The predicted octanol–water partition coefficient (Wildman–Crippen LogP) is 0.994. The second-order valence-electron chi connectivity index (χ2n) is 13.2. The Morgan fingerprint density at radius 1 is 0.583 bits per heavy atom. The maximum absolute atomic E-state index is 10.4. The fraction of sp³-hybridized carbons (Fsp3) is 0.688. The number of rotatable bonds is 10. The first-order chi connectivity index (χ1) is 21.7. The van der Waals surface area contributed by atoms with Crippen molar-refractivity contribution in [3.8, 4) is 0 Å². The Bertz CT molecular complexity index is 1070. The molecule has 0 spiro atoms. The van der Waals surface area contributed by atoms with Gasteiger partial charge in [0.2, 0.25) is 0 Å². The summed E-state index contributed by atoms with van der Waals surface area (Å²) in [5.74, 6) is -5.46. The van der Waals surface area contributed by atoms with Crippen LogP contribution in [-0.2, 0) is 74.4 Å². The number of aliphatic carboxylic acids is 4. The maximum atomic E-state index is 10.4. The summed E-state index contributed by atoms with van der Waals surface area (Å²) in [4.78, 5) is 41.6. The van der Waals surface area contributed by atoms with E-state index in [1.54, 1.807) is 0 Å². The van der Waals surface area contributed by atoms with Crippen molar-refractivity contribution in [3.63, 3.8) is 0 Å². The minimum Gasteiger partial charge on any atom is -0.480 e. The number of carboxylic acids is 4. The fourth-order valence-electron chi connectivity index (χ4n) is 6.47. The molecule has 1 aromatic carbocycles. The van der Waals surface area contributed by atoms with Crippen LogP contribution in [0.4, 0.5) is 0 Å². The normalized spacial score (nSPS) is 25.8. The van der Waals surface area contributed by atoms with Crippen molar-refractivity contribution in [1.82, 2.24) is 10.6 Å². The monoisotopic (exact) mass is 1040 g/mol. The molecule has 1 aromatic rings. The van der Waals surface area contributed by atoms with Crippen molar-refractivity contribution >= 4 is 23.9 Å². The van der Waals surface area contributed by atoms with Gasteiger partial charge in [0.15, 0.2) is 10.8 Å². The largest absolute Gasteiger partial charge is 0.480 e. The van der Waals surface area contributed by atoms with Gasteiger partial charge < -0.3 is 52.7 Å². The number of aliphatic hydroxyl groups excluding tert-OH is 2. The second kappa shape index (κ2) is 20.2. The van der Waals surface area contributed by atoms with E-state index in [2.05, 4.69) is 34.9 Å². The molecule has 4 atom stereocenters. The van der Waals surface area contributed by atoms with E-state index in [9.17, 15) is 19.2 Å². The molecule has 0 aliphatic heterocycles. The summed E-state index contributed by atoms with van der Waals surface area (Å²) >= 11 is 0. The molecule has 4 saturated carbocycles. The number of hydrogen-bond donors (Lipinski definition) is 10. The zero-order chi connectivity index (χ0) is 34.1. The third kappa shape index (κ3) is 11.7. The van der Waals surface area contributed by atoms with Crippen LogP contribution in [0.3, 0.4) is 0 Å². The molecular formula is C32H50N4O10Pt2. The minimum absolute atomic E-state index is 0. The number of nitrogens with two attached hydrogens (primary N) is 2. The average Bonchev–Trinajstić information content (AvgIpc) is 2.97. The van der Waals surface area contributed by atoms with Gasteiger partial charge in [-0.05, 0) is 36.8 Å². The van der Waals surface area contributed by atoms with Gasteiger partial charge in [-0.1, -0.05) is 49.9 Å². The van der Waals surface area contributed by atoms with E-state index in [0.717, 1.165) is 25.9 Å². The van der Waals surface area contributed by atoms with E-state index in [1.165, 1.54) is 49.7 Å². The molecule has 0 heterocycles. The zero-order valence-electron chi connectivity index (χ0n) is 26.8. The van der Waals surface area contributed by atoms with Crippen LogP contribution >= 0.6 is 0 Å². The van der Waals surface area contributed by atoms with Gasteiger partial charge in [0.1, 0.15) is 0 Å². The van der Waals surface area contributed by atoms with Gasteiger partial charge in [0.05, 0.1) is 12.2 Å². The topological polar surface area (TPSA) is 266 Å². The molecule has 278 valence electrons. The number of hydrogen-bond acceptors (Lipinski definition) is 10. The summed E-state index contributed by atoms with van der Waals surface area (Å²) in [6.07, 6.45) is 7.64. The molecule has 0 unspecified atom stereocenters. The summed E-state index contributed by atoms with van der Waals surface area (Å²) < 4.78 is 0. The summed E-state index contributed by atoms with van der Waals surface area (Å²) in [5, 5.41) is 58.7. The molecule has 16 heteroatoms. The van der Waals surface area contributed by atoms with Gasteiger partial charge in [0.25, 0.3) is 0 Å². The van der Waals surface area contributed by atoms with E-state index in [1.807, 2.05) is 0 Å². The summed E-state index contributed by atoms with van der Waals surface area (Å²) in [7, 11) is 0. The summed E-state index contributed by atoms with van der Waals surface area (Å²) in [6.45, 7) is 1.83. The Balaban J connectivity index is 0.000000403. The first-order valence-corrected chi connectivity index (χ1v) is 16.1. The standard InChI is InChI=1S/C20H34N4.2C6H8O5.2Pt/c21-17-5-1-3-7-19(17)23-13-15-9-11-16(12-10-15)14-24-20-8-4-2-6-18(20)22;2*7-3-1-6(2-3,4(8)9)5(10)11;;/h9-12,17-20,23-24H,1-8,13-14,21-22H2;2*3,7H,1-2H2,(H,8,9)(H,10,11);;/t17-,18+,19-,20+;;;;. The molecule has 48 heavy (non-hydrogen) atoms. The fourth-order valence-corrected chi connectivity index (χ4v) is 6.47. The molecule has 4 fully saturated rings. The zero-order valence-corrected chi connectivity index (χ0v) is 31.3. The van der Waals surface area contributed by atoms with Crippen LogP contribution in [0.15, 0.2) is 24.3 Å². The van der Waals surface area contributed by atoms with E-state index < -0.39 is 46.9 Å². The van der Waals surface area contributed by atoms with Crippen LogP contribution < -0.4 is 22.1 Å². The Morgan fingerprint density at radius 2 is 0.854 bits per heavy atom. The maximum Gasteiger partial charge on any atom is 0.321 e. The Kier molecular flexibility index (Phi) is 18.6. The average molecular weight is 1040 g/mol. The predicted molar refractivity (Wildman–Crippen MR) is 166 cm³/mol. The third-order valence-corrected chi connectivity index (χ3v) is 9.77. The van der Waals surface area contributed by atoms with Gasteiger partial charge in [-0.3, -0.25) is 19.2 Å². The van der Waals surface area contributed by atoms with Crippen LogP contribution in [-0.4, -0.2) is 90.9 Å². The van der Waals surface area contributed by atoms with Crippen molar-refractivity contribution in [2.24, 2.45) is 22.3 Å². The number of carbonyl (C=O) groups is 4. The van der Waals surface area contributed by atoms with Crippen molar-refractivity contribution < 1.29 is 91.9 Å². The van der Waals surface area contributed by atoms with Crippen molar-refractivity contribution in [2.75, 3.05) is 0 Å². The first kappa shape index (κ1) is 44.3. The molecule has 4 aliphatic rings. The molecule has 0 radical (unpaired) electrons. The van der Waals surface area contributed by atoms with Gasteiger partial charge >= 0.3 is 23.9 Å². The molecule has 4 aliphatic carbocycles. The Hall–Kier alpha value is -1.76. The Labute approximate surface area is 309 Å². The molecule has 12 N–H and O–H groups in total. The summed E-state index contributed by atoms with van der Waals surface area (Å²) in [6, 6.07) is 10.5. The Morgan fingerprint density at radius 3 is 1.06 bits per heavy atom. The van der Waals surface area contributed by atoms with Crippen LogP contribution in [0.1, 0.15) is 88.2 Å². The number of aliphatic hydroxyl groups is 2. The quantitative estimate of drug-likeness (QED) is 0.147. The molecule has 5 rings (SSSR count). The van der Waals surface area contributed by atoms with E-state index in [0.29, 0.717) is 24.2 Å². The first-order valence-electron chi connectivity index (χ1n) is 16.1. The number of benzene rings is 1.